The van der Waals surface area contributed by atoms with Crippen LogP contribution in [0.4, 0.5) is 5.69 Å². The lowest BCUT2D eigenvalue weighted by Gasteiger charge is -2.10. The number of hydrogen-bond donors (Lipinski definition) is 1. The number of nitrogens with one attached hydrogen (secondary N) is 1. The smallest absolute Gasteiger partial charge is 0.257 e. The van der Waals surface area contributed by atoms with Gasteiger partial charge < -0.3 is 5.32 Å². The zero-order chi connectivity index (χ0) is 19.6. The topological polar surface area (TPSA) is 76.1 Å². The SMILES string of the molecule is Cc1cccc(NC(=O)c2ccc(S(=O)(=O)c3ccc(Br)cc3)nc2)c1C. The van der Waals surface area contributed by atoms with E-state index in [0.717, 1.165) is 15.6 Å². The number of rotatable bonds is 4. The molecule has 0 aliphatic carbocycles. The van der Waals surface area contributed by atoms with Gasteiger partial charge in [-0.3, -0.25) is 4.79 Å². The van der Waals surface area contributed by atoms with E-state index in [0.29, 0.717) is 5.69 Å². The van der Waals surface area contributed by atoms with Gasteiger partial charge in [0.25, 0.3) is 5.91 Å². The molecule has 0 fully saturated rings. The number of aryl methyl sites for hydroxylation is 1. The number of carbonyl (C=O) groups is 1. The van der Waals surface area contributed by atoms with Crippen LogP contribution >= 0.6 is 15.9 Å². The van der Waals surface area contributed by atoms with Crippen LogP contribution in [0.2, 0.25) is 0 Å². The predicted molar refractivity (Wildman–Crippen MR) is 108 cm³/mol. The van der Waals surface area contributed by atoms with Crippen molar-refractivity contribution in [2.75, 3.05) is 5.32 Å². The van der Waals surface area contributed by atoms with Gasteiger partial charge in [-0.1, -0.05) is 28.1 Å². The molecule has 0 aliphatic rings. The normalized spacial score (nSPS) is 11.2. The maximum atomic E-state index is 12.6. The Balaban J connectivity index is 1.83. The van der Waals surface area contributed by atoms with Crippen LogP contribution in [0.1, 0.15) is 21.5 Å². The number of aromatic nitrogens is 1. The minimum Gasteiger partial charge on any atom is -0.322 e. The van der Waals surface area contributed by atoms with Gasteiger partial charge in [-0.25, -0.2) is 13.4 Å². The highest BCUT2D eigenvalue weighted by Gasteiger charge is 2.20. The molecule has 1 amide bonds. The molecule has 0 radical (unpaired) electrons. The minimum absolute atomic E-state index is 0.104. The van der Waals surface area contributed by atoms with Gasteiger partial charge in [0.2, 0.25) is 9.84 Å². The van der Waals surface area contributed by atoms with Gasteiger partial charge in [-0.05, 0) is 67.4 Å². The third-order valence-corrected chi connectivity index (χ3v) is 6.46. The maximum Gasteiger partial charge on any atom is 0.257 e. The molecule has 5 nitrogen and oxygen atoms in total. The molecule has 138 valence electrons. The number of halogens is 1. The van der Waals surface area contributed by atoms with Crippen molar-refractivity contribution in [1.29, 1.82) is 0 Å². The zero-order valence-electron chi connectivity index (χ0n) is 14.7. The highest BCUT2D eigenvalue weighted by molar-refractivity contribution is 9.10. The molecule has 1 heterocycles. The van der Waals surface area contributed by atoms with Crippen molar-refractivity contribution in [3.05, 3.63) is 82.0 Å². The van der Waals surface area contributed by atoms with Crippen molar-refractivity contribution in [2.45, 2.75) is 23.8 Å². The van der Waals surface area contributed by atoms with Crippen LogP contribution in [0.25, 0.3) is 0 Å². The number of anilines is 1. The summed E-state index contributed by atoms with van der Waals surface area (Å²) in [5.41, 5.74) is 3.05. The number of amides is 1. The fourth-order valence-electron chi connectivity index (χ4n) is 2.49. The monoisotopic (exact) mass is 444 g/mol. The van der Waals surface area contributed by atoms with Crippen LogP contribution in [0.3, 0.4) is 0 Å². The predicted octanol–water partition coefficient (Wildman–Crippen LogP) is 4.55. The van der Waals surface area contributed by atoms with Crippen molar-refractivity contribution in [3.8, 4) is 0 Å². The van der Waals surface area contributed by atoms with Crippen LogP contribution in [-0.2, 0) is 9.84 Å². The molecular formula is C20H17BrN2O3S. The number of carbonyl (C=O) groups excluding carboxylic acids is 1. The Morgan fingerprint density at radius 2 is 1.70 bits per heavy atom. The first-order valence-electron chi connectivity index (χ1n) is 8.13. The van der Waals surface area contributed by atoms with E-state index >= 15 is 0 Å². The number of sulfone groups is 1. The number of hydrogen-bond acceptors (Lipinski definition) is 4. The zero-order valence-corrected chi connectivity index (χ0v) is 17.1. The van der Waals surface area contributed by atoms with Gasteiger partial charge in [-0.2, -0.15) is 0 Å². The molecule has 7 heteroatoms. The summed E-state index contributed by atoms with van der Waals surface area (Å²) < 4.78 is 26.0. The van der Waals surface area contributed by atoms with E-state index in [4.69, 9.17) is 0 Å². The molecule has 0 atom stereocenters. The first kappa shape index (κ1) is 19.3. The Morgan fingerprint density at radius 3 is 2.33 bits per heavy atom. The summed E-state index contributed by atoms with van der Waals surface area (Å²) in [4.78, 5) is 16.6. The molecule has 0 saturated carbocycles. The number of benzene rings is 2. The molecule has 0 bridgehead atoms. The van der Waals surface area contributed by atoms with Crippen molar-refractivity contribution >= 4 is 37.4 Å². The Bertz CT molecular complexity index is 1090. The van der Waals surface area contributed by atoms with E-state index in [1.54, 1.807) is 12.1 Å². The van der Waals surface area contributed by atoms with Crippen molar-refractivity contribution < 1.29 is 13.2 Å². The van der Waals surface area contributed by atoms with E-state index < -0.39 is 9.84 Å². The molecular weight excluding hydrogens is 428 g/mol. The van der Waals surface area contributed by atoms with Gasteiger partial charge in [0, 0.05) is 16.4 Å². The number of pyridine rings is 1. The summed E-state index contributed by atoms with van der Waals surface area (Å²) in [5.74, 6) is -0.344. The largest absolute Gasteiger partial charge is 0.322 e. The summed E-state index contributed by atoms with van der Waals surface area (Å²) >= 11 is 3.28. The van der Waals surface area contributed by atoms with Crippen LogP contribution in [0, 0.1) is 13.8 Å². The van der Waals surface area contributed by atoms with E-state index in [-0.39, 0.29) is 21.4 Å². The highest BCUT2D eigenvalue weighted by atomic mass is 79.9. The Labute approximate surface area is 166 Å². The van der Waals surface area contributed by atoms with Gasteiger partial charge in [0.15, 0.2) is 5.03 Å². The molecule has 0 saturated heterocycles. The second-order valence-electron chi connectivity index (χ2n) is 6.04. The van der Waals surface area contributed by atoms with Crippen LogP contribution < -0.4 is 5.32 Å². The van der Waals surface area contributed by atoms with Crippen LogP contribution in [0.5, 0.6) is 0 Å². The second kappa shape index (κ2) is 7.62. The van der Waals surface area contributed by atoms with Crippen molar-refractivity contribution in [1.82, 2.24) is 4.98 Å². The van der Waals surface area contributed by atoms with Crippen molar-refractivity contribution in [2.24, 2.45) is 0 Å². The highest BCUT2D eigenvalue weighted by Crippen LogP contribution is 2.22. The Morgan fingerprint density at radius 1 is 1.00 bits per heavy atom. The first-order chi connectivity index (χ1) is 12.8. The molecule has 0 unspecified atom stereocenters. The van der Waals surface area contributed by atoms with Crippen molar-refractivity contribution in [3.63, 3.8) is 0 Å². The Kier molecular flexibility index (Phi) is 5.43. The van der Waals surface area contributed by atoms with Gasteiger partial charge in [0.05, 0.1) is 10.5 Å². The quantitative estimate of drug-likeness (QED) is 0.640. The third-order valence-electron chi connectivity index (χ3n) is 4.25. The van der Waals surface area contributed by atoms with Gasteiger partial charge in [0.1, 0.15) is 0 Å². The van der Waals surface area contributed by atoms with Gasteiger partial charge >= 0.3 is 0 Å². The average Bonchev–Trinajstić information content (AvgIpc) is 2.66. The molecule has 27 heavy (non-hydrogen) atoms. The summed E-state index contributed by atoms with van der Waals surface area (Å²) in [7, 11) is -3.73. The summed E-state index contributed by atoms with van der Waals surface area (Å²) in [5, 5.41) is 2.73. The van der Waals surface area contributed by atoms with E-state index in [9.17, 15) is 13.2 Å². The standard InChI is InChI=1S/C20H17BrN2O3S/c1-13-4-3-5-18(14(13)2)23-20(24)15-6-11-19(22-12-15)27(25,26)17-9-7-16(21)8-10-17/h3-12H,1-2H3,(H,23,24). The third kappa shape index (κ3) is 4.09. The first-order valence-corrected chi connectivity index (χ1v) is 10.4. The Hall–Kier alpha value is -2.51. The molecule has 2 aromatic carbocycles. The minimum atomic E-state index is -3.73. The molecule has 1 aromatic heterocycles. The molecule has 1 N–H and O–H groups in total. The summed E-state index contributed by atoms with van der Waals surface area (Å²) in [6.07, 6.45) is 1.27. The second-order valence-corrected chi connectivity index (χ2v) is 8.86. The van der Waals surface area contributed by atoms with E-state index in [2.05, 4.69) is 26.2 Å². The lowest BCUT2D eigenvalue weighted by atomic mass is 10.1. The molecule has 3 aromatic rings. The van der Waals surface area contributed by atoms with E-state index in [1.807, 2.05) is 32.0 Å². The lowest BCUT2D eigenvalue weighted by molar-refractivity contribution is 0.102. The number of nitrogens with zero attached hydrogens (tertiary/aromatic N) is 1. The summed E-state index contributed by atoms with van der Waals surface area (Å²) in [6.45, 7) is 3.89. The maximum absolute atomic E-state index is 12.6. The molecule has 0 spiro atoms. The van der Waals surface area contributed by atoms with Gasteiger partial charge in [-0.15, -0.1) is 0 Å². The van der Waals surface area contributed by atoms with Crippen LogP contribution in [0.15, 0.2) is 75.2 Å². The molecule has 0 aliphatic heterocycles. The lowest BCUT2D eigenvalue weighted by Crippen LogP contribution is -2.14. The fraction of sp³-hybridized carbons (Fsp3) is 0.100. The fourth-order valence-corrected chi connectivity index (χ4v) is 3.93. The van der Waals surface area contributed by atoms with Crippen LogP contribution in [-0.4, -0.2) is 19.3 Å². The summed E-state index contributed by atoms with van der Waals surface area (Å²) in [6, 6.07) is 14.8. The van der Waals surface area contributed by atoms with E-state index in [1.165, 1.54) is 30.5 Å². The molecule has 3 rings (SSSR count). The average molecular weight is 445 g/mol.